The molecule has 0 radical (unpaired) electrons. The minimum Gasteiger partial charge on any atom is -0.494 e. The molecule has 10 nitrogen and oxygen atoms in total. The van der Waals surface area contributed by atoms with Crippen LogP contribution in [-0.4, -0.2) is 51.9 Å². The van der Waals surface area contributed by atoms with Gasteiger partial charge in [0.2, 0.25) is 0 Å². The van der Waals surface area contributed by atoms with Gasteiger partial charge in [-0.15, -0.1) is 0 Å². The van der Waals surface area contributed by atoms with Gasteiger partial charge in [0.05, 0.1) is 36.0 Å². The van der Waals surface area contributed by atoms with E-state index in [9.17, 15) is 27.9 Å². The van der Waals surface area contributed by atoms with Gasteiger partial charge in [-0.05, 0) is 65.9 Å². The maximum atomic E-state index is 15.1. The summed E-state index contributed by atoms with van der Waals surface area (Å²) < 4.78 is 66.8. The van der Waals surface area contributed by atoms with Crippen LogP contribution < -0.4 is 20.5 Å². The molecule has 0 spiro atoms. The van der Waals surface area contributed by atoms with E-state index < -0.39 is 48.1 Å². The smallest absolute Gasteiger partial charge is 0.333 e. The second kappa shape index (κ2) is 12.0. The van der Waals surface area contributed by atoms with Crippen LogP contribution in [0.25, 0.3) is 22.2 Å². The van der Waals surface area contributed by atoms with E-state index in [1.54, 1.807) is 6.92 Å². The number of carbonyl (C=O) groups excluding carboxylic acids is 2. The fourth-order valence-corrected chi connectivity index (χ4v) is 5.29. The third-order valence-corrected chi connectivity index (χ3v) is 7.89. The number of nitrogens with two attached hydrogens (primary N) is 1. The molecule has 44 heavy (non-hydrogen) atoms. The molecular formula is C29H26BrF4N5O5. The van der Waals surface area contributed by atoms with E-state index >= 15 is 4.39 Å². The van der Waals surface area contributed by atoms with Crippen LogP contribution in [0.1, 0.15) is 52.7 Å². The summed E-state index contributed by atoms with van der Waals surface area (Å²) in [4.78, 5) is 30.3. The Hall–Kier alpha value is -4.24. The van der Waals surface area contributed by atoms with Crippen molar-refractivity contribution in [1.82, 2.24) is 20.1 Å². The summed E-state index contributed by atoms with van der Waals surface area (Å²) in [6.45, 7) is -1.63. The van der Waals surface area contributed by atoms with E-state index in [2.05, 4.69) is 31.3 Å². The summed E-state index contributed by atoms with van der Waals surface area (Å²) in [5, 5.41) is 18.6. The third-order valence-electron chi connectivity index (χ3n) is 7.28. The zero-order valence-electron chi connectivity index (χ0n) is 23.3. The number of alkyl halides is 2. The van der Waals surface area contributed by atoms with Crippen molar-refractivity contribution in [1.29, 1.82) is 0 Å². The predicted molar refractivity (Wildman–Crippen MR) is 153 cm³/mol. The molecule has 4 N–H and O–H groups in total. The van der Waals surface area contributed by atoms with Crippen LogP contribution in [0.2, 0.25) is 0 Å². The Balaban J connectivity index is 1.55. The molecular weight excluding hydrogens is 654 g/mol. The zero-order chi connectivity index (χ0) is 31.9. The zero-order valence-corrected chi connectivity index (χ0v) is 24.9. The lowest BCUT2D eigenvalue weighted by Gasteiger charge is -2.29. The van der Waals surface area contributed by atoms with Crippen molar-refractivity contribution in [2.75, 3.05) is 20.3 Å². The number of halogens is 5. The van der Waals surface area contributed by atoms with E-state index in [-0.39, 0.29) is 61.6 Å². The summed E-state index contributed by atoms with van der Waals surface area (Å²) in [5.74, 6) is -3.99. The molecule has 4 aromatic rings. The normalized spacial score (nSPS) is 14.5. The maximum absolute atomic E-state index is 15.1. The van der Waals surface area contributed by atoms with Gasteiger partial charge < -0.3 is 25.6 Å². The highest BCUT2D eigenvalue weighted by Gasteiger charge is 2.47. The van der Waals surface area contributed by atoms with Crippen LogP contribution in [0.5, 0.6) is 11.5 Å². The lowest BCUT2D eigenvalue weighted by atomic mass is 9.90. The van der Waals surface area contributed by atoms with Crippen LogP contribution in [-0.2, 0) is 5.60 Å². The fourth-order valence-electron chi connectivity index (χ4n) is 4.95. The number of benzene rings is 2. The first-order valence-electron chi connectivity index (χ1n) is 13.4. The highest BCUT2D eigenvalue weighted by molar-refractivity contribution is 9.10. The summed E-state index contributed by atoms with van der Waals surface area (Å²) in [6.07, 6.45) is 2.17. The average Bonchev–Trinajstić information content (AvgIpc) is 3.76. The van der Waals surface area contributed by atoms with Gasteiger partial charge in [0.15, 0.2) is 5.75 Å². The van der Waals surface area contributed by atoms with Gasteiger partial charge in [0, 0.05) is 28.8 Å². The number of aromatic nitrogens is 3. The molecule has 1 atom stereocenters. The first-order chi connectivity index (χ1) is 20.9. The number of amides is 2. The molecule has 0 unspecified atom stereocenters. The fraction of sp³-hybridized carbons (Fsp3) is 0.310. The van der Waals surface area contributed by atoms with Gasteiger partial charge in [-0.2, -0.15) is 13.9 Å². The second-order valence-corrected chi connectivity index (χ2v) is 11.0. The number of carbonyl (C=O) groups is 2. The van der Waals surface area contributed by atoms with Gasteiger partial charge in [-0.3, -0.25) is 9.59 Å². The Morgan fingerprint density at radius 3 is 2.55 bits per heavy atom. The summed E-state index contributed by atoms with van der Waals surface area (Å²) in [7, 11) is 1.30. The van der Waals surface area contributed by atoms with Gasteiger partial charge >= 0.3 is 6.55 Å². The summed E-state index contributed by atoms with van der Waals surface area (Å²) in [5.41, 5.74) is 3.23. The number of methoxy groups -OCH3 is 1. The van der Waals surface area contributed by atoms with Gasteiger partial charge in [0.1, 0.15) is 34.2 Å². The van der Waals surface area contributed by atoms with Crippen molar-refractivity contribution in [3.8, 4) is 22.8 Å². The van der Waals surface area contributed by atoms with Crippen molar-refractivity contribution in [2.45, 2.75) is 31.9 Å². The molecule has 2 aromatic heterocycles. The number of nitrogens with zero attached hydrogens (tertiary/aromatic N) is 3. The van der Waals surface area contributed by atoms with Crippen molar-refractivity contribution in [2.24, 2.45) is 11.7 Å². The SMILES string of the molecule is CCOc1c(C(N)=O)cc([C@@](O)(CNC(=O)c2cc(OC)c3nn(C(F)F)cc3c2)C2CC2)nc1-c1cc(Br)c(F)cc1F. The first kappa shape index (κ1) is 31.2. The third kappa shape index (κ3) is 5.80. The molecule has 1 aliphatic rings. The molecule has 0 bridgehead atoms. The predicted octanol–water partition coefficient (Wildman–Crippen LogP) is 5.07. The number of ether oxygens (including phenoxy) is 2. The van der Waals surface area contributed by atoms with Crippen LogP contribution in [0.15, 0.2) is 41.0 Å². The van der Waals surface area contributed by atoms with E-state index in [0.717, 1.165) is 12.3 Å². The van der Waals surface area contributed by atoms with E-state index in [4.69, 9.17) is 15.2 Å². The Morgan fingerprint density at radius 1 is 1.20 bits per heavy atom. The van der Waals surface area contributed by atoms with Crippen molar-refractivity contribution >= 4 is 38.6 Å². The van der Waals surface area contributed by atoms with E-state index in [1.807, 2.05) is 0 Å². The molecule has 15 heteroatoms. The Kier molecular flexibility index (Phi) is 8.53. The average molecular weight is 680 g/mol. The lowest BCUT2D eigenvalue weighted by Crippen LogP contribution is -2.43. The number of rotatable bonds is 11. The number of aliphatic hydroxyl groups is 1. The maximum Gasteiger partial charge on any atom is 0.333 e. The molecule has 5 rings (SSSR count). The van der Waals surface area contributed by atoms with Gasteiger partial charge in [0.25, 0.3) is 11.8 Å². The molecule has 2 aromatic carbocycles. The molecule has 1 saturated carbocycles. The number of pyridine rings is 1. The monoisotopic (exact) mass is 679 g/mol. The quantitative estimate of drug-likeness (QED) is 0.149. The largest absolute Gasteiger partial charge is 0.494 e. The minimum absolute atomic E-state index is 0.0395. The Labute approximate surface area is 256 Å². The number of primary amides is 1. The van der Waals surface area contributed by atoms with E-state index in [0.29, 0.717) is 23.6 Å². The van der Waals surface area contributed by atoms with Crippen LogP contribution in [0, 0.1) is 17.6 Å². The summed E-state index contributed by atoms with van der Waals surface area (Å²) >= 11 is 3.03. The number of hydrogen-bond acceptors (Lipinski definition) is 7. The highest BCUT2D eigenvalue weighted by Crippen LogP contribution is 2.47. The molecule has 0 aliphatic heterocycles. The standard InChI is InChI=1S/C29H26BrF4N5O5/c1-3-44-25-17(26(35)40)9-22(37-24(25)16-8-18(30)20(32)10-19(16)31)29(42,15-4-5-15)12-36-27(41)13-6-14-11-39(28(33)34)38-23(14)21(7-13)43-2/h6-11,15,28,42H,3-5,12H2,1-2H3,(H2,35,40)(H,36,41)/t29-/m1/s1. The van der Waals surface area contributed by atoms with Crippen LogP contribution in [0.3, 0.4) is 0 Å². The molecule has 0 saturated heterocycles. The molecule has 2 heterocycles. The molecule has 2 amide bonds. The van der Waals surface area contributed by atoms with Crippen molar-refractivity contribution in [3.63, 3.8) is 0 Å². The summed E-state index contributed by atoms with van der Waals surface area (Å²) in [6, 6.07) is 5.66. The number of nitrogens with one attached hydrogen (secondary N) is 1. The highest BCUT2D eigenvalue weighted by atomic mass is 79.9. The second-order valence-electron chi connectivity index (χ2n) is 10.2. The molecule has 1 fully saturated rings. The molecule has 1 aliphatic carbocycles. The van der Waals surface area contributed by atoms with Crippen molar-refractivity contribution in [3.05, 3.63) is 69.5 Å². The number of fused-ring (bicyclic) bond motifs is 1. The van der Waals surface area contributed by atoms with Crippen LogP contribution in [0.4, 0.5) is 17.6 Å². The first-order valence-corrected chi connectivity index (χ1v) is 14.2. The lowest BCUT2D eigenvalue weighted by molar-refractivity contribution is 0.00946. The Bertz CT molecular complexity index is 1780. The minimum atomic E-state index is -2.90. The van der Waals surface area contributed by atoms with Gasteiger partial charge in [-0.25, -0.2) is 18.4 Å². The van der Waals surface area contributed by atoms with Crippen molar-refractivity contribution < 1.29 is 41.7 Å². The number of hydrogen-bond donors (Lipinski definition) is 3. The Morgan fingerprint density at radius 2 is 1.93 bits per heavy atom. The topological polar surface area (TPSA) is 142 Å². The van der Waals surface area contributed by atoms with E-state index in [1.165, 1.54) is 25.3 Å². The molecule has 232 valence electrons. The van der Waals surface area contributed by atoms with Gasteiger partial charge in [-0.1, -0.05) is 0 Å². The van der Waals surface area contributed by atoms with Crippen LogP contribution >= 0.6 is 15.9 Å².